The normalized spacial score (nSPS) is 20.7. The van der Waals surface area contributed by atoms with Gasteiger partial charge in [-0.25, -0.2) is 0 Å². The zero-order valence-electron chi connectivity index (χ0n) is 15.7. The van der Waals surface area contributed by atoms with E-state index in [0.717, 1.165) is 49.3 Å². The molecular formula is C22H23N5O. The van der Waals surface area contributed by atoms with Gasteiger partial charge in [-0.1, -0.05) is 48.5 Å². The highest BCUT2D eigenvalue weighted by molar-refractivity contribution is 5.91. The van der Waals surface area contributed by atoms with Gasteiger partial charge in [0.05, 0.1) is 11.1 Å². The quantitative estimate of drug-likeness (QED) is 0.705. The number of para-hydroxylation sites is 1. The number of aromatic nitrogens is 4. The van der Waals surface area contributed by atoms with Crippen LogP contribution < -0.4 is 0 Å². The van der Waals surface area contributed by atoms with Crippen LogP contribution in [0.2, 0.25) is 0 Å². The molecule has 142 valence electrons. The Morgan fingerprint density at radius 3 is 2.43 bits per heavy atom. The predicted octanol–water partition coefficient (Wildman–Crippen LogP) is 3.10. The van der Waals surface area contributed by atoms with E-state index < -0.39 is 0 Å². The van der Waals surface area contributed by atoms with E-state index in [9.17, 15) is 4.79 Å². The minimum absolute atomic E-state index is 0.152. The molecule has 1 unspecified atom stereocenters. The third-order valence-corrected chi connectivity index (χ3v) is 6.05. The Bertz CT molecular complexity index is 965. The van der Waals surface area contributed by atoms with Crippen LogP contribution in [0, 0.1) is 0 Å². The smallest absolute Gasteiger partial charge is 0.233 e. The molecule has 6 heteroatoms. The van der Waals surface area contributed by atoms with Crippen molar-refractivity contribution in [3.8, 4) is 5.69 Å². The maximum absolute atomic E-state index is 13.4. The van der Waals surface area contributed by atoms with E-state index >= 15 is 0 Å². The van der Waals surface area contributed by atoms with E-state index in [0.29, 0.717) is 6.54 Å². The Labute approximate surface area is 164 Å². The molecule has 0 N–H and O–H groups in total. The van der Waals surface area contributed by atoms with Gasteiger partial charge in [0.1, 0.15) is 0 Å². The van der Waals surface area contributed by atoms with E-state index in [2.05, 4.69) is 27.7 Å². The predicted molar refractivity (Wildman–Crippen MR) is 105 cm³/mol. The standard InChI is InChI=1S/C22H23N5O/c28-21(22(13-14-22)18-9-3-1-4-10-18)26-15-7-8-17(16-26)20-23-24-25-27(20)19-11-5-2-6-12-19/h1-6,9-12,17H,7-8,13-16H2. The van der Waals surface area contributed by atoms with Crippen LogP contribution in [0.25, 0.3) is 5.69 Å². The number of carbonyl (C=O) groups is 1. The molecule has 2 aromatic carbocycles. The highest BCUT2D eigenvalue weighted by Gasteiger charge is 2.53. The van der Waals surface area contributed by atoms with E-state index in [4.69, 9.17) is 0 Å². The van der Waals surface area contributed by atoms with Gasteiger partial charge < -0.3 is 4.90 Å². The summed E-state index contributed by atoms with van der Waals surface area (Å²) >= 11 is 0. The first-order chi connectivity index (χ1) is 13.8. The van der Waals surface area contributed by atoms with Gasteiger partial charge in [0, 0.05) is 19.0 Å². The maximum atomic E-state index is 13.4. The largest absolute Gasteiger partial charge is 0.341 e. The molecular weight excluding hydrogens is 350 g/mol. The van der Waals surface area contributed by atoms with Gasteiger partial charge in [-0.15, -0.1) is 5.10 Å². The molecule has 0 bridgehead atoms. The van der Waals surface area contributed by atoms with Crippen molar-refractivity contribution in [2.45, 2.75) is 37.0 Å². The summed E-state index contributed by atoms with van der Waals surface area (Å²) in [6.07, 6.45) is 3.86. The van der Waals surface area contributed by atoms with Gasteiger partial charge in [-0.05, 0) is 53.8 Å². The number of likely N-dealkylation sites (tertiary alicyclic amines) is 1. The van der Waals surface area contributed by atoms with Crippen LogP contribution in [0.5, 0.6) is 0 Å². The number of tetrazole rings is 1. The van der Waals surface area contributed by atoms with Crippen LogP contribution in [0.15, 0.2) is 60.7 Å². The topological polar surface area (TPSA) is 63.9 Å². The van der Waals surface area contributed by atoms with Gasteiger partial charge in [-0.2, -0.15) is 4.68 Å². The van der Waals surface area contributed by atoms with Crippen molar-refractivity contribution in [3.63, 3.8) is 0 Å². The average molecular weight is 373 g/mol. The molecule has 0 spiro atoms. The molecule has 1 amide bonds. The first-order valence-electron chi connectivity index (χ1n) is 9.96. The summed E-state index contributed by atoms with van der Waals surface area (Å²) in [4.78, 5) is 15.5. The molecule has 2 fully saturated rings. The first kappa shape index (κ1) is 17.1. The second-order valence-electron chi connectivity index (χ2n) is 7.82. The summed E-state index contributed by atoms with van der Waals surface area (Å²) in [6.45, 7) is 1.50. The van der Waals surface area contributed by atoms with Crippen molar-refractivity contribution in [2.24, 2.45) is 0 Å². The lowest BCUT2D eigenvalue weighted by Gasteiger charge is -2.34. The number of carbonyl (C=O) groups excluding carboxylic acids is 1. The zero-order chi connectivity index (χ0) is 19.0. The Morgan fingerprint density at radius 2 is 1.71 bits per heavy atom. The molecule has 2 aliphatic rings. The van der Waals surface area contributed by atoms with Gasteiger partial charge in [0.2, 0.25) is 5.91 Å². The Hall–Kier alpha value is -3.02. The zero-order valence-corrected chi connectivity index (χ0v) is 15.7. The third-order valence-electron chi connectivity index (χ3n) is 6.05. The van der Waals surface area contributed by atoms with Crippen molar-refractivity contribution in [2.75, 3.05) is 13.1 Å². The molecule has 0 radical (unpaired) electrons. The van der Waals surface area contributed by atoms with Crippen LogP contribution >= 0.6 is 0 Å². The van der Waals surface area contributed by atoms with E-state index in [1.54, 1.807) is 0 Å². The van der Waals surface area contributed by atoms with Crippen molar-refractivity contribution in [1.29, 1.82) is 0 Å². The molecule has 1 atom stereocenters. The SMILES string of the molecule is O=C(N1CCCC(c2nnnn2-c2ccccc2)C1)C1(c2ccccc2)CC1. The molecule has 5 rings (SSSR count). The highest BCUT2D eigenvalue weighted by Crippen LogP contribution is 2.50. The number of amides is 1. The summed E-state index contributed by atoms with van der Waals surface area (Å²) < 4.78 is 1.81. The van der Waals surface area contributed by atoms with E-state index in [1.807, 2.05) is 58.1 Å². The molecule has 1 saturated heterocycles. The summed E-state index contributed by atoms with van der Waals surface area (Å²) in [7, 11) is 0. The van der Waals surface area contributed by atoms with Crippen LogP contribution in [0.4, 0.5) is 0 Å². The molecule has 2 heterocycles. The minimum Gasteiger partial charge on any atom is -0.341 e. The number of benzene rings is 2. The average Bonchev–Trinajstić information content (AvgIpc) is 3.44. The number of rotatable bonds is 4. The van der Waals surface area contributed by atoms with Gasteiger partial charge in [0.15, 0.2) is 5.82 Å². The molecule has 3 aromatic rings. The number of hydrogen-bond donors (Lipinski definition) is 0. The first-order valence-corrected chi connectivity index (χ1v) is 9.96. The second-order valence-corrected chi connectivity index (χ2v) is 7.82. The van der Waals surface area contributed by atoms with Crippen LogP contribution in [-0.2, 0) is 10.2 Å². The molecule has 6 nitrogen and oxygen atoms in total. The molecule has 1 aromatic heterocycles. The Balaban J connectivity index is 1.38. The fourth-order valence-corrected chi connectivity index (χ4v) is 4.38. The fraction of sp³-hybridized carbons (Fsp3) is 0.364. The van der Waals surface area contributed by atoms with Crippen LogP contribution in [0.1, 0.15) is 43.0 Å². The molecule has 1 aliphatic heterocycles. The van der Waals surface area contributed by atoms with Crippen molar-refractivity contribution in [3.05, 3.63) is 72.1 Å². The lowest BCUT2D eigenvalue weighted by atomic mass is 9.91. The molecule has 1 saturated carbocycles. The fourth-order valence-electron chi connectivity index (χ4n) is 4.38. The highest BCUT2D eigenvalue weighted by atomic mass is 16.2. The monoisotopic (exact) mass is 373 g/mol. The summed E-state index contributed by atoms with van der Waals surface area (Å²) in [6, 6.07) is 20.2. The molecule has 28 heavy (non-hydrogen) atoms. The van der Waals surface area contributed by atoms with Crippen molar-refractivity contribution >= 4 is 5.91 Å². The van der Waals surface area contributed by atoms with Crippen molar-refractivity contribution in [1.82, 2.24) is 25.1 Å². The van der Waals surface area contributed by atoms with Crippen LogP contribution in [0.3, 0.4) is 0 Å². The van der Waals surface area contributed by atoms with Gasteiger partial charge in [-0.3, -0.25) is 4.79 Å². The van der Waals surface area contributed by atoms with Crippen LogP contribution in [-0.4, -0.2) is 44.1 Å². The molecule has 1 aliphatic carbocycles. The van der Waals surface area contributed by atoms with Crippen molar-refractivity contribution < 1.29 is 4.79 Å². The lowest BCUT2D eigenvalue weighted by Crippen LogP contribution is -2.45. The number of piperidine rings is 1. The maximum Gasteiger partial charge on any atom is 0.233 e. The third kappa shape index (κ3) is 2.89. The minimum atomic E-state index is -0.311. The summed E-state index contributed by atoms with van der Waals surface area (Å²) in [5.41, 5.74) is 1.79. The number of nitrogens with zero attached hydrogens (tertiary/aromatic N) is 5. The Morgan fingerprint density at radius 1 is 1.00 bits per heavy atom. The number of hydrogen-bond acceptors (Lipinski definition) is 4. The Kier molecular flexibility index (Phi) is 4.19. The summed E-state index contributed by atoms with van der Waals surface area (Å²) in [5, 5.41) is 12.4. The second kappa shape index (κ2) is 6.86. The van der Waals surface area contributed by atoms with Gasteiger partial charge in [0.25, 0.3) is 0 Å². The lowest BCUT2D eigenvalue weighted by molar-refractivity contribution is -0.135. The summed E-state index contributed by atoms with van der Waals surface area (Å²) in [5.74, 6) is 1.26. The van der Waals surface area contributed by atoms with E-state index in [-0.39, 0.29) is 17.2 Å². The van der Waals surface area contributed by atoms with E-state index in [1.165, 1.54) is 0 Å². The van der Waals surface area contributed by atoms with Gasteiger partial charge >= 0.3 is 0 Å².